The van der Waals surface area contributed by atoms with E-state index in [0.29, 0.717) is 12.3 Å². The Balaban J connectivity index is 1.47. The quantitative estimate of drug-likeness (QED) is 0.843. The number of aromatic nitrogens is 1. The largest absolute Gasteiger partial charge is 0.481 e. The van der Waals surface area contributed by atoms with E-state index in [1.165, 1.54) is 5.56 Å². The summed E-state index contributed by atoms with van der Waals surface area (Å²) in [4.78, 5) is 21.0. The Morgan fingerprint density at radius 1 is 1.04 bits per heavy atom. The van der Waals surface area contributed by atoms with Gasteiger partial charge in [-0.2, -0.15) is 0 Å². The van der Waals surface area contributed by atoms with Crippen LogP contribution in [0.5, 0.6) is 5.88 Å². The maximum atomic E-state index is 12.4. The molecule has 1 aromatic carbocycles. The lowest BCUT2D eigenvalue weighted by Crippen LogP contribution is -2.48. The van der Waals surface area contributed by atoms with Gasteiger partial charge in [0.25, 0.3) is 0 Å². The van der Waals surface area contributed by atoms with Gasteiger partial charge in [-0.15, -0.1) is 0 Å². The first kappa shape index (κ1) is 16.5. The highest BCUT2D eigenvalue weighted by molar-refractivity contribution is 5.78. The van der Waals surface area contributed by atoms with Gasteiger partial charge in [0, 0.05) is 45.0 Å². The van der Waals surface area contributed by atoms with Crippen LogP contribution in [-0.2, 0) is 17.8 Å². The minimum Gasteiger partial charge on any atom is -0.481 e. The van der Waals surface area contributed by atoms with Crippen molar-refractivity contribution >= 4 is 5.91 Å². The average molecular weight is 325 g/mol. The third-order valence-corrected chi connectivity index (χ3v) is 4.34. The number of hydrogen-bond donors (Lipinski definition) is 0. The first-order valence-corrected chi connectivity index (χ1v) is 8.27. The zero-order valence-corrected chi connectivity index (χ0v) is 14.0. The minimum atomic E-state index is 0.215. The number of carbonyl (C=O) groups excluding carboxylic acids is 1. The van der Waals surface area contributed by atoms with Crippen LogP contribution in [0, 0.1) is 0 Å². The van der Waals surface area contributed by atoms with Gasteiger partial charge in [-0.1, -0.05) is 36.4 Å². The molecule has 0 N–H and O–H groups in total. The molecule has 0 spiro atoms. The van der Waals surface area contributed by atoms with Crippen LogP contribution < -0.4 is 4.74 Å². The number of methoxy groups -OCH3 is 1. The highest BCUT2D eigenvalue weighted by Crippen LogP contribution is 2.12. The predicted molar refractivity (Wildman–Crippen MR) is 92.8 cm³/mol. The van der Waals surface area contributed by atoms with Gasteiger partial charge >= 0.3 is 0 Å². The molecule has 0 radical (unpaired) electrons. The number of carbonyl (C=O) groups is 1. The molecule has 126 valence electrons. The number of amides is 1. The van der Waals surface area contributed by atoms with Crippen molar-refractivity contribution in [3.8, 4) is 5.88 Å². The van der Waals surface area contributed by atoms with Crippen LogP contribution in [0.3, 0.4) is 0 Å². The first-order valence-electron chi connectivity index (χ1n) is 8.27. The topological polar surface area (TPSA) is 45.7 Å². The molecule has 0 saturated carbocycles. The molecule has 0 atom stereocenters. The van der Waals surface area contributed by atoms with Crippen LogP contribution in [-0.4, -0.2) is 54.0 Å². The molecule has 2 aromatic rings. The molecule has 1 aliphatic rings. The molecule has 0 bridgehead atoms. The van der Waals surface area contributed by atoms with Crippen molar-refractivity contribution in [3.63, 3.8) is 0 Å². The summed E-state index contributed by atoms with van der Waals surface area (Å²) in [6.07, 6.45) is 2.34. The Kier molecular flexibility index (Phi) is 5.43. The van der Waals surface area contributed by atoms with Crippen LogP contribution in [0.4, 0.5) is 0 Å². The Bertz CT molecular complexity index is 650. The molecule has 5 heteroatoms. The van der Waals surface area contributed by atoms with E-state index in [4.69, 9.17) is 4.74 Å². The lowest BCUT2D eigenvalue weighted by Gasteiger charge is -2.34. The summed E-state index contributed by atoms with van der Waals surface area (Å²) < 4.78 is 5.08. The summed E-state index contributed by atoms with van der Waals surface area (Å²) in [5, 5.41) is 0. The fraction of sp³-hybridized carbons (Fsp3) is 0.368. The Morgan fingerprint density at radius 3 is 2.42 bits per heavy atom. The normalized spacial score (nSPS) is 15.3. The van der Waals surface area contributed by atoms with Gasteiger partial charge in [0.05, 0.1) is 13.5 Å². The van der Waals surface area contributed by atoms with Gasteiger partial charge in [-0.25, -0.2) is 4.98 Å². The van der Waals surface area contributed by atoms with Gasteiger partial charge in [0.15, 0.2) is 0 Å². The number of piperazine rings is 1. The Morgan fingerprint density at radius 2 is 1.79 bits per heavy atom. The van der Waals surface area contributed by atoms with Crippen LogP contribution in [0.25, 0.3) is 0 Å². The Labute approximate surface area is 142 Å². The summed E-state index contributed by atoms with van der Waals surface area (Å²) in [6, 6.07) is 13.9. The highest BCUT2D eigenvalue weighted by Gasteiger charge is 2.21. The monoisotopic (exact) mass is 325 g/mol. The number of rotatable bonds is 5. The minimum absolute atomic E-state index is 0.215. The number of pyridine rings is 1. The molecule has 1 fully saturated rings. The third-order valence-electron chi connectivity index (χ3n) is 4.34. The van der Waals surface area contributed by atoms with Gasteiger partial charge in [0.1, 0.15) is 0 Å². The fourth-order valence-corrected chi connectivity index (χ4v) is 2.92. The summed E-state index contributed by atoms with van der Waals surface area (Å²) in [5.74, 6) is 0.849. The standard InChI is InChI=1S/C19H23N3O2/c1-24-18-8-7-17(14-20-18)15-21-9-11-22(12-10-21)19(23)13-16-5-3-2-4-6-16/h2-8,14H,9-13,15H2,1H3. The van der Waals surface area contributed by atoms with E-state index < -0.39 is 0 Å². The van der Waals surface area contributed by atoms with E-state index in [-0.39, 0.29) is 5.91 Å². The third kappa shape index (κ3) is 4.32. The maximum absolute atomic E-state index is 12.4. The van der Waals surface area contributed by atoms with Crippen molar-refractivity contribution in [1.29, 1.82) is 0 Å². The van der Waals surface area contributed by atoms with Crippen molar-refractivity contribution < 1.29 is 9.53 Å². The SMILES string of the molecule is COc1ccc(CN2CCN(C(=O)Cc3ccccc3)CC2)cn1. The average Bonchev–Trinajstić information content (AvgIpc) is 2.64. The van der Waals surface area contributed by atoms with Crippen molar-refractivity contribution in [2.45, 2.75) is 13.0 Å². The summed E-state index contributed by atoms with van der Waals surface area (Å²) in [5.41, 5.74) is 2.24. The first-order chi connectivity index (χ1) is 11.7. The summed E-state index contributed by atoms with van der Waals surface area (Å²) in [7, 11) is 1.62. The van der Waals surface area contributed by atoms with Gasteiger partial charge in [-0.3, -0.25) is 9.69 Å². The lowest BCUT2D eigenvalue weighted by atomic mass is 10.1. The van der Waals surface area contributed by atoms with Gasteiger partial charge in [-0.05, 0) is 11.1 Å². The molecule has 1 aliphatic heterocycles. The van der Waals surface area contributed by atoms with Crippen molar-refractivity contribution in [1.82, 2.24) is 14.8 Å². The maximum Gasteiger partial charge on any atom is 0.227 e. The highest BCUT2D eigenvalue weighted by atomic mass is 16.5. The number of nitrogens with zero attached hydrogens (tertiary/aromatic N) is 3. The van der Waals surface area contributed by atoms with Crippen LogP contribution in [0.2, 0.25) is 0 Å². The molecular formula is C19H23N3O2. The number of benzene rings is 1. The molecule has 3 rings (SSSR count). The van der Waals surface area contributed by atoms with E-state index in [2.05, 4.69) is 9.88 Å². The zero-order chi connectivity index (χ0) is 16.8. The zero-order valence-electron chi connectivity index (χ0n) is 14.0. The Hall–Kier alpha value is -2.40. The molecule has 1 amide bonds. The van der Waals surface area contributed by atoms with Crippen LogP contribution >= 0.6 is 0 Å². The van der Waals surface area contributed by atoms with Crippen LogP contribution in [0.15, 0.2) is 48.7 Å². The molecule has 1 aromatic heterocycles. The smallest absolute Gasteiger partial charge is 0.227 e. The number of ether oxygens (including phenoxy) is 1. The summed E-state index contributed by atoms with van der Waals surface area (Å²) >= 11 is 0. The molecule has 0 unspecified atom stereocenters. The second-order valence-electron chi connectivity index (χ2n) is 6.03. The second kappa shape index (κ2) is 7.93. The molecule has 0 aliphatic carbocycles. The number of hydrogen-bond acceptors (Lipinski definition) is 4. The molecule has 2 heterocycles. The van der Waals surface area contributed by atoms with E-state index >= 15 is 0 Å². The predicted octanol–water partition coefficient (Wildman–Crippen LogP) is 1.98. The van der Waals surface area contributed by atoms with Crippen LogP contribution in [0.1, 0.15) is 11.1 Å². The molecule has 24 heavy (non-hydrogen) atoms. The second-order valence-corrected chi connectivity index (χ2v) is 6.03. The molecule has 1 saturated heterocycles. The molecule has 5 nitrogen and oxygen atoms in total. The van der Waals surface area contributed by atoms with Gasteiger partial charge < -0.3 is 9.64 Å². The lowest BCUT2D eigenvalue weighted by molar-refractivity contribution is -0.132. The van der Waals surface area contributed by atoms with Crippen molar-refractivity contribution in [2.24, 2.45) is 0 Å². The van der Waals surface area contributed by atoms with E-state index in [1.807, 2.05) is 53.6 Å². The van der Waals surface area contributed by atoms with Crippen molar-refractivity contribution in [3.05, 3.63) is 59.8 Å². The molecular weight excluding hydrogens is 302 g/mol. The van der Waals surface area contributed by atoms with E-state index in [1.54, 1.807) is 7.11 Å². The van der Waals surface area contributed by atoms with E-state index in [0.717, 1.165) is 38.3 Å². The summed E-state index contributed by atoms with van der Waals surface area (Å²) in [6.45, 7) is 4.22. The fourth-order valence-electron chi connectivity index (χ4n) is 2.92. The van der Waals surface area contributed by atoms with Gasteiger partial charge in [0.2, 0.25) is 11.8 Å². The van der Waals surface area contributed by atoms with Crippen molar-refractivity contribution in [2.75, 3.05) is 33.3 Å². The van der Waals surface area contributed by atoms with E-state index in [9.17, 15) is 4.79 Å².